The number of hydrogen-bond donors (Lipinski definition) is 0. The number of nitrogens with zero attached hydrogens (tertiary/aromatic N) is 3. The van der Waals surface area contributed by atoms with E-state index in [2.05, 4.69) is 25.9 Å². The Morgan fingerprint density at radius 1 is 1.33 bits per heavy atom. The van der Waals surface area contributed by atoms with Crippen molar-refractivity contribution >= 4 is 11.9 Å². The Labute approximate surface area is 144 Å². The van der Waals surface area contributed by atoms with Crippen molar-refractivity contribution < 1.29 is 14.3 Å². The second-order valence-corrected chi connectivity index (χ2v) is 7.57. The van der Waals surface area contributed by atoms with Gasteiger partial charge in [0.15, 0.2) is 0 Å². The highest BCUT2D eigenvalue weighted by atomic mass is 16.5. The summed E-state index contributed by atoms with van der Waals surface area (Å²) >= 11 is 0. The van der Waals surface area contributed by atoms with E-state index in [9.17, 15) is 9.59 Å². The Kier molecular flexibility index (Phi) is 5.67. The molecule has 1 aliphatic heterocycles. The van der Waals surface area contributed by atoms with Crippen LogP contribution in [0.1, 0.15) is 63.9 Å². The third-order valence-electron chi connectivity index (χ3n) is 4.93. The molecule has 1 saturated heterocycles. The Balaban J connectivity index is 1.93. The topological polar surface area (TPSA) is 64.4 Å². The van der Waals surface area contributed by atoms with E-state index < -0.39 is 0 Å². The van der Waals surface area contributed by atoms with E-state index in [0.717, 1.165) is 25.9 Å². The van der Waals surface area contributed by atoms with Gasteiger partial charge in [0.05, 0.1) is 24.4 Å². The maximum Gasteiger partial charge on any atom is 0.341 e. The molecule has 0 bridgehead atoms. The lowest BCUT2D eigenvalue weighted by atomic mass is 9.81. The Morgan fingerprint density at radius 3 is 2.50 bits per heavy atom. The van der Waals surface area contributed by atoms with Crippen molar-refractivity contribution in [2.75, 3.05) is 19.7 Å². The van der Waals surface area contributed by atoms with Crippen LogP contribution in [0.15, 0.2) is 12.4 Å². The fourth-order valence-electron chi connectivity index (χ4n) is 2.85. The van der Waals surface area contributed by atoms with Crippen molar-refractivity contribution in [1.29, 1.82) is 0 Å². The maximum absolute atomic E-state index is 12.6. The third-order valence-corrected chi connectivity index (χ3v) is 4.93. The number of amides is 1. The van der Waals surface area contributed by atoms with E-state index in [1.165, 1.54) is 0 Å². The van der Waals surface area contributed by atoms with Gasteiger partial charge in [-0.1, -0.05) is 27.7 Å². The lowest BCUT2D eigenvalue weighted by Crippen LogP contribution is -2.44. The number of esters is 1. The van der Waals surface area contributed by atoms with Crippen LogP contribution in [-0.4, -0.2) is 46.3 Å². The Morgan fingerprint density at radius 2 is 1.96 bits per heavy atom. The lowest BCUT2D eigenvalue weighted by molar-refractivity contribution is -0.139. The van der Waals surface area contributed by atoms with E-state index in [4.69, 9.17) is 4.74 Å². The molecule has 24 heavy (non-hydrogen) atoms. The molecule has 1 atom stereocenters. The minimum Gasteiger partial charge on any atom is -0.462 e. The van der Waals surface area contributed by atoms with E-state index in [0.29, 0.717) is 12.2 Å². The maximum atomic E-state index is 12.6. The molecule has 6 heteroatoms. The van der Waals surface area contributed by atoms with Gasteiger partial charge in [-0.15, -0.1) is 0 Å². The Bertz CT molecular complexity index is 581. The predicted octanol–water partition coefficient (Wildman–Crippen LogP) is 2.91. The van der Waals surface area contributed by atoms with Gasteiger partial charge in [0.2, 0.25) is 5.91 Å². The molecule has 0 radical (unpaired) electrons. The number of aromatic nitrogens is 2. The molecule has 0 aliphatic carbocycles. The second-order valence-electron chi connectivity index (χ2n) is 7.57. The van der Waals surface area contributed by atoms with Crippen LogP contribution in [0.4, 0.5) is 0 Å². The minimum absolute atomic E-state index is 0.00849. The first-order valence-electron chi connectivity index (χ1n) is 8.74. The highest BCUT2D eigenvalue weighted by Crippen LogP contribution is 2.29. The number of carbonyl (C=O) groups is 2. The summed E-state index contributed by atoms with van der Waals surface area (Å²) in [4.78, 5) is 26.3. The molecule has 0 saturated carbocycles. The molecule has 6 nitrogen and oxygen atoms in total. The van der Waals surface area contributed by atoms with Gasteiger partial charge in [-0.3, -0.25) is 9.48 Å². The molecule has 1 aromatic rings. The zero-order valence-electron chi connectivity index (χ0n) is 15.4. The predicted molar refractivity (Wildman–Crippen MR) is 91.7 cm³/mol. The van der Waals surface area contributed by atoms with Crippen molar-refractivity contribution in [2.24, 2.45) is 11.3 Å². The highest BCUT2D eigenvalue weighted by molar-refractivity contribution is 5.88. The summed E-state index contributed by atoms with van der Waals surface area (Å²) in [6, 6.07) is 0.224. The van der Waals surface area contributed by atoms with E-state index in [-0.39, 0.29) is 29.3 Å². The van der Waals surface area contributed by atoms with Crippen molar-refractivity contribution in [3.8, 4) is 0 Å². The molecule has 134 valence electrons. The number of carbonyl (C=O) groups excluding carboxylic acids is 2. The molecule has 0 unspecified atom stereocenters. The summed E-state index contributed by atoms with van der Waals surface area (Å²) in [5.41, 5.74) is 0.460. The van der Waals surface area contributed by atoms with Crippen LogP contribution in [0, 0.1) is 11.3 Å². The van der Waals surface area contributed by atoms with Crippen molar-refractivity contribution in [2.45, 2.75) is 53.5 Å². The van der Waals surface area contributed by atoms with E-state index in [1.54, 1.807) is 19.3 Å². The zero-order chi connectivity index (χ0) is 17.9. The van der Waals surface area contributed by atoms with Crippen LogP contribution < -0.4 is 0 Å². The highest BCUT2D eigenvalue weighted by Gasteiger charge is 2.32. The lowest BCUT2D eigenvalue weighted by Gasteiger charge is -2.36. The van der Waals surface area contributed by atoms with Crippen LogP contribution in [-0.2, 0) is 9.53 Å². The molecule has 1 aliphatic rings. The van der Waals surface area contributed by atoms with Crippen LogP contribution in [0.3, 0.4) is 0 Å². The fraction of sp³-hybridized carbons (Fsp3) is 0.722. The SMILES string of the molecule is CCOC(=O)c1cnn(C2CCN(C(=O)[C@H](C)C(C)(C)C)CC2)c1. The average molecular weight is 335 g/mol. The monoisotopic (exact) mass is 335 g/mol. The number of rotatable bonds is 4. The molecule has 1 fully saturated rings. The molecule has 2 rings (SSSR count). The number of hydrogen-bond acceptors (Lipinski definition) is 4. The smallest absolute Gasteiger partial charge is 0.341 e. The van der Waals surface area contributed by atoms with Crippen molar-refractivity contribution in [1.82, 2.24) is 14.7 Å². The van der Waals surface area contributed by atoms with Crippen LogP contribution in [0.5, 0.6) is 0 Å². The van der Waals surface area contributed by atoms with Crippen molar-refractivity contribution in [3.05, 3.63) is 18.0 Å². The van der Waals surface area contributed by atoms with E-state index in [1.807, 2.05) is 16.5 Å². The summed E-state index contributed by atoms with van der Waals surface area (Å²) in [6.07, 6.45) is 5.01. The van der Waals surface area contributed by atoms with Gasteiger partial charge in [-0.25, -0.2) is 4.79 Å². The van der Waals surface area contributed by atoms with Gasteiger partial charge < -0.3 is 9.64 Å². The van der Waals surface area contributed by atoms with Gasteiger partial charge in [-0.05, 0) is 25.2 Å². The molecule has 0 aromatic carbocycles. The van der Waals surface area contributed by atoms with Crippen molar-refractivity contribution in [3.63, 3.8) is 0 Å². The standard InChI is InChI=1S/C18H29N3O3/c1-6-24-17(23)14-11-19-21(12-14)15-7-9-20(10-8-15)16(22)13(2)18(3,4)5/h11-13,15H,6-10H2,1-5H3/t13-/m0/s1. The van der Waals surface area contributed by atoms with Gasteiger partial charge in [0.25, 0.3) is 0 Å². The number of piperidine rings is 1. The van der Waals surface area contributed by atoms with Crippen LogP contribution in [0.2, 0.25) is 0 Å². The van der Waals surface area contributed by atoms with Gasteiger partial charge in [0, 0.05) is 25.2 Å². The summed E-state index contributed by atoms with van der Waals surface area (Å²) in [6.45, 7) is 11.9. The second kappa shape index (κ2) is 7.36. The molecule has 0 spiro atoms. The first kappa shape index (κ1) is 18.5. The molecular weight excluding hydrogens is 306 g/mol. The van der Waals surface area contributed by atoms with Crippen LogP contribution in [0.25, 0.3) is 0 Å². The van der Waals surface area contributed by atoms with Crippen LogP contribution >= 0.6 is 0 Å². The molecule has 2 heterocycles. The fourth-order valence-corrected chi connectivity index (χ4v) is 2.85. The summed E-state index contributed by atoms with van der Waals surface area (Å²) < 4.78 is 6.82. The quantitative estimate of drug-likeness (QED) is 0.794. The number of likely N-dealkylation sites (tertiary alicyclic amines) is 1. The summed E-state index contributed by atoms with van der Waals surface area (Å²) in [7, 11) is 0. The third kappa shape index (κ3) is 4.16. The summed E-state index contributed by atoms with van der Waals surface area (Å²) in [5.74, 6) is -0.0989. The van der Waals surface area contributed by atoms with Gasteiger partial charge >= 0.3 is 5.97 Å². The largest absolute Gasteiger partial charge is 0.462 e. The first-order chi connectivity index (χ1) is 11.2. The minimum atomic E-state index is -0.338. The molecule has 0 N–H and O–H groups in total. The normalized spacial score (nSPS) is 17.6. The molecular formula is C18H29N3O3. The average Bonchev–Trinajstić information content (AvgIpc) is 3.03. The van der Waals surface area contributed by atoms with Gasteiger partial charge in [0.1, 0.15) is 0 Å². The molecule has 1 aromatic heterocycles. The van der Waals surface area contributed by atoms with Gasteiger partial charge in [-0.2, -0.15) is 5.10 Å². The first-order valence-corrected chi connectivity index (χ1v) is 8.74. The zero-order valence-corrected chi connectivity index (χ0v) is 15.4. The Hall–Kier alpha value is -1.85. The summed E-state index contributed by atoms with van der Waals surface area (Å²) in [5, 5.41) is 4.30. The number of ether oxygens (including phenoxy) is 1. The van der Waals surface area contributed by atoms with E-state index >= 15 is 0 Å². The molecule has 1 amide bonds.